The Morgan fingerprint density at radius 2 is 2.17 bits per heavy atom. The van der Waals surface area contributed by atoms with E-state index in [1.165, 1.54) is 0 Å². The Balaban J connectivity index is 1.59. The first kappa shape index (κ1) is 20.6. The van der Waals surface area contributed by atoms with Crippen molar-refractivity contribution < 1.29 is 19.4 Å². The van der Waals surface area contributed by atoms with Crippen LogP contribution in [0.4, 0.5) is 10.6 Å². The predicted octanol–water partition coefficient (Wildman–Crippen LogP) is 2.66. The number of rotatable bonds is 9. The molecular weight excluding hydrogens is 374 g/mol. The molecule has 0 aliphatic rings. The molecule has 9 nitrogen and oxygen atoms in total. The van der Waals surface area contributed by atoms with Crippen molar-refractivity contribution in [3.05, 3.63) is 42.6 Å². The van der Waals surface area contributed by atoms with Gasteiger partial charge in [0.25, 0.3) is 0 Å². The number of nitrogens with one attached hydrogen (secondary N) is 2. The topological polar surface area (TPSA) is 110 Å². The molecule has 2 aromatic heterocycles. The standard InChI is InChI=1S/C20H25N5O4/c1-3-29-19(26)8-5-11-21-20(27)23-17-13-25-18(22-17)10-9-16(24-25)14-6-4-7-15(12-14)28-2/h4,6-7,9-10,12-13,19,26H,3,5,8,11H2,1-2H3,(H2,21,23,27). The third kappa shape index (κ3) is 5.66. The fourth-order valence-electron chi connectivity index (χ4n) is 2.79. The van der Waals surface area contributed by atoms with Gasteiger partial charge in [0.1, 0.15) is 5.75 Å². The molecular formula is C20H25N5O4. The molecule has 29 heavy (non-hydrogen) atoms. The quantitative estimate of drug-likeness (QED) is 0.377. The molecule has 0 bridgehead atoms. The van der Waals surface area contributed by atoms with E-state index in [2.05, 4.69) is 20.7 Å². The van der Waals surface area contributed by atoms with Crippen LogP contribution in [0, 0.1) is 0 Å². The highest BCUT2D eigenvalue weighted by atomic mass is 16.6. The number of nitrogens with zero attached hydrogens (tertiary/aromatic N) is 3. The number of hydrogen-bond donors (Lipinski definition) is 3. The second kappa shape index (κ2) is 9.85. The van der Waals surface area contributed by atoms with E-state index in [1.807, 2.05) is 43.3 Å². The number of fused-ring (bicyclic) bond motifs is 1. The number of aliphatic hydroxyl groups excluding tert-OH is 1. The summed E-state index contributed by atoms with van der Waals surface area (Å²) in [6, 6.07) is 11.0. The molecule has 0 saturated carbocycles. The van der Waals surface area contributed by atoms with Crippen molar-refractivity contribution in [2.75, 3.05) is 25.6 Å². The molecule has 0 radical (unpaired) electrons. The van der Waals surface area contributed by atoms with E-state index in [4.69, 9.17) is 9.47 Å². The van der Waals surface area contributed by atoms with Crippen LogP contribution in [0.5, 0.6) is 5.75 Å². The number of hydrogen-bond acceptors (Lipinski definition) is 6. The van der Waals surface area contributed by atoms with Gasteiger partial charge in [-0.1, -0.05) is 12.1 Å². The van der Waals surface area contributed by atoms with E-state index < -0.39 is 6.29 Å². The Bertz CT molecular complexity index is 959. The minimum atomic E-state index is -0.798. The van der Waals surface area contributed by atoms with Gasteiger partial charge in [-0.2, -0.15) is 5.10 Å². The van der Waals surface area contributed by atoms with Crippen LogP contribution in [0.2, 0.25) is 0 Å². The van der Waals surface area contributed by atoms with E-state index in [0.717, 1.165) is 17.0 Å². The summed E-state index contributed by atoms with van der Waals surface area (Å²) in [6.45, 7) is 2.69. The van der Waals surface area contributed by atoms with Crippen LogP contribution >= 0.6 is 0 Å². The Hall–Kier alpha value is -3.17. The number of imidazole rings is 1. The SMILES string of the molecule is CCOC(O)CCCNC(=O)Nc1cn2nc(-c3cccc(OC)c3)ccc2n1. The molecule has 2 heterocycles. The smallest absolute Gasteiger partial charge is 0.320 e. The van der Waals surface area contributed by atoms with Crippen LogP contribution in [0.1, 0.15) is 19.8 Å². The first-order valence-electron chi connectivity index (χ1n) is 9.44. The van der Waals surface area contributed by atoms with Crippen molar-refractivity contribution in [2.45, 2.75) is 26.1 Å². The van der Waals surface area contributed by atoms with Crippen LogP contribution in [0.3, 0.4) is 0 Å². The van der Waals surface area contributed by atoms with E-state index >= 15 is 0 Å². The highest BCUT2D eigenvalue weighted by molar-refractivity contribution is 5.88. The Kier molecular flexibility index (Phi) is 6.99. The largest absolute Gasteiger partial charge is 0.497 e. The van der Waals surface area contributed by atoms with Crippen molar-refractivity contribution >= 4 is 17.5 Å². The number of ether oxygens (including phenoxy) is 2. The van der Waals surface area contributed by atoms with Gasteiger partial charge < -0.3 is 19.9 Å². The third-order valence-electron chi connectivity index (χ3n) is 4.20. The lowest BCUT2D eigenvalue weighted by atomic mass is 10.1. The number of amides is 2. The van der Waals surface area contributed by atoms with Crippen LogP contribution in [-0.4, -0.2) is 52.3 Å². The van der Waals surface area contributed by atoms with E-state index in [9.17, 15) is 9.90 Å². The molecule has 3 N–H and O–H groups in total. The molecule has 3 rings (SSSR count). The zero-order valence-electron chi connectivity index (χ0n) is 16.5. The maximum Gasteiger partial charge on any atom is 0.320 e. The highest BCUT2D eigenvalue weighted by Crippen LogP contribution is 2.22. The fourth-order valence-corrected chi connectivity index (χ4v) is 2.79. The summed E-state index contributed by atoms with van der Waals surface area (Å²) in [5.74, 6) is 1.15. The van der Waals surface area contributed by atoms with Crippen molar-refractivity contribution in [2.24, 2.45) is 0 Å². The lowest BCUT2D eigenvalue weighted by molar-refractivity contribution is -0.0989. The molecule has 3 aromatic rings. The van der Waals surface area contributed by atoms with E-state index in [0.29, 0.717) is 37.5 Å². The summed E-state index contributed by atoms with van der Waals surface area (Å²) in [4.78, 5) is 16.4. The van der Waals surface area contributed by atoms with Crippen molar-refractivity contribution in [1.29, 1.82) is 0 Å². The van der Waals surface area contributed by atoms with Crippen molar-refractivity contribution in [3.8, 4) is 17.0 Å². The Morgan fingerprint density at radius 3 is 2.97 bits per heavy atom. The number of anilines is 1. The zero-order chi connectivity index (χ0) is 20.6. The minimum Gasteiger partial charge on any atom is -0.497 e. The van der Waals surface area contributed by atoms with Gasteiger partial charge in [-0.25, -0.2) is 14.3 Å². The molecule has 154 valence electrons. The first-order valence-corrected chi connectivity index (χ1v) is 9.44. The van der Waals surface area contributed by atoms with Crippen LogP contribution in [0.25, 0.3) is 16.9 Å². The Morgan fingerprint density at radius 1 is 1.31 bits per heavy atom. The van der Waals surface area contributed by atoms with Gasteiger partial charge >= 0.3 is 6.03 Å². The maximum atomic E-state index is 12.0. The fraction of sp³-hybridized carbons (Fsp3) is 0.350. The van der Waals surface area contributed by atoms with E-state index in [-0.39, 0.29) is 6.03 Å². The zero-order valence-corrected chi connectivity index (χ0v) is 16.5. The highest BCUT2D eigenvalue weighted by Gasteiger charge is 2.09. The molecule has 1 unspecified atom stereocenters. The molecule has 9 heteroatoms. The van der Waals surface area contributed by atoms with Gasteiger partial charge in [0, 0.05) is 18.7 Å². The molecule has 0 aliphatic carbocycles. The summed E-state index contributed by atoms with van der Waals surface area (Å²) >= 11 is 0. The number of urea groups is 1. The van der Waals surface area contributed by atoms with Gasteiger partial charge in [0.05, 0.1) is 19.0 Å². The van der Waals surface area contributed by atoms with Crippen LogP contribution < -0.4 is 15.4 Å². The van der Waals surface area contributed by atoms with Crippen molar-refractivity contribution in [1.82, 2.24) is 19.9 Å². The van der Waals surface area contributed by atoms with Gasteiger partial charge in [0.2, 0.25) is 0 Å². The molecule has 0 aliphatic heterocycles. The minimum absolute atomic E-state index is 0.368. The summed E-state index contributed by atoms with van der Waals surface area (Å²) < 4.78 is 11.9. The van der Waals surface area contributed by atoms with Gasteiger partial charge in [-0.15, -0.1) is 0 Å². The molecule has 2 amide bonds. The normalized spacial score (nSPS) is 12.0. The lowest BCUT2D eigenvalue weighted by Gasteiger charge is -2.10. The molecule has 0 spiro atoms. The van der Waals surface area contributed by atoms with Crippen molar-refractivity contribution in [3.63, 3.8) is 0 Å². The summed E-state index contributed by atoms with van der Waals surface area (Å²) in [6.07, 6.45) is 1.91. The number of carbonyl (C=O) groups excluding carboxylic acids is 1. The summed E-state index contributed by atoms with van der Waals surface area (Å²) in [7, 11) is 1.62. The monoisotopic (exact) mass is 399 g/mol. The number of methoxy groups -OCH3 is 1. The van der Waals surface area contributed by atoms with Gasteiger partial charge in [-0.3, -0.25) is 5.32 Å². The van der Waals surface area contributed by atoms with Crippen LogP contribution in [0.15, 0.2) is 42.6 Å². The third-order valence-corrected chi connectivity index (χ3v) is 4.20. The molecule has 0 fully saturated rings. The maximum absolute atomic E-state index is 12.0. The van der Waals surface area contributed by atoms with Gasteiger partial charge in [-0.05, 0) is 44.0 Å². The van der Waals surface area contributed by atoms with E-state index in [1.54, 1.807) is 17.8 Å². The Labute approximate surface area is 168 Å². The summed E-state index contributed by atoms with van der Waals surface area (Å²) in [5.41, 5.74) is 2.30. The lowest BCUT2D eigenvalue weighted by Crippen LogP contribution is -2.30. The second-order valence-electron chi connectivity index (χ2n) is 6.31. The molecule has 1 atom stereocenters. The number of carbonyl (C=O) groups is 1. The second-order valence-corrected chi connectivity index (χ2v) is 6.31. The number of benzene rings is 1. The first-order chi connectivity index (χ1) is 14.1. The average molecular weight is 399 g/mol. The predicted molar refractivity (Wildman–Crippen MR) is 109 cm³/mol. The van der Waals surface area contributed by atoms with Crippen LogP contribution in [-0.2, 0) is 4.74 Å². The number of aliphatic hydroxyl groups is 1. The van der Waals surface area contributed by atoms with Gasteiger partial charge in [0.15, 0.2) is 17.8 Å². The average Bonchev–Trinajstić information content (AvgIpc) is 3.12. The summed E-state index contributed by atoms with van der Waals surface area (Å²) in [5, 5.41) is 19.4. The molecule has 1 aromatic carbocycles. The number of aromatic nitrogens is 3. The molecule has 0 saturated heterocycles.